The van der Waals surface area contributed by atoms with Crippen molar-refractivity contribution in [3.8, 4) is 0 Å². The quantitative estimate of drug-likeness (QED) is 0.338. The molecule has 0 saturated carbocycles. The number of nitrogens with zero attached hydrogens (tertiary/aromatic N) is 4. The highest BCUT2D eigenvalue weighted by molar-refractivity contribution is 6.03. The number of carboxylic acid groups (broad SMARTS) is 1. The van der Waals surface area contributed by atoms with E-state index in [4.69, 9.17) is 0 Å². The largest absolute Gasteiger partial charge is 0.480 e. The van der Waals surface area contributed by atoms with Crippen molar-refractivity contribution in [3.05, 3.63) is 101 Å². The van der Waals surface area contributed by atoms with Gasteiger partial charge in [0.1, 0.15) is 17.2 Å². The van der Waals surface area contributed by atoms with Crippen LogP contribution in [0.2, 0.25) is 0 Å². The van der Waals surface area contributed by atoms with Gasteiger partial charge in [-0.1, -0.05) is 30.3 Å². The highest BCUT2D eigenvalue weighted by Gasteiger charge is 2.43. The van der Waals surface area contributed by atoms with Gasteiger partial charge in [0.05, 0.1) is 23.3 Å². The van der Waals surface area contributed by atoms with Crippen molar-refractivity contribution in [3.63, 3.8) is 0 Å². The molecule has 6 rings (SSSR count). The molecule has 0 aliphatic carbocycles. The lowest BCUT2D eigenvalue weighted by atomic mass is 9.87. The number of likely N-dealkylation sites (tertiary alicyclic amines) is 1. The lowest BCUT2D eigenvalue weighted by Gasteiger charge is -2.39. The smallest absolute Gasteiger partial charge is 0.329 e. The van der Waals surface area contributed by atoms with Gasteiger partial charge < -0.3 is 15.3 Å². The summed E-state index contributed by atoms with van der Waals surface area (Å²) in [5, 5.41) is 17.3. The standard InChI is InChI=1S/C31H31F2N5O3/c32-22-8-9-26(33)24(17-22)27-7-4-13-37(27)23-10-14-38-28(18-23)25(19-34-38)29(39)35-31(30(40)41)11-15-36(16-12-31)20-21-5-2-1-3-6-21/h1-3,5-6,8-10,14,17-19,27H,4,7,11-13,15-16,20H2,(H,35,39)(H,40,41). The molecule has 2 aliphatic heterocycles. The summed E-state index contributed by atoms with van der Waals surface area (Å²) >= 11 is 0. The van der Waals surface area contributed by atoms with Gasteiger partial charge >= 0.3 is 5.97 Å². The minimum atomic E-state index is -1.38. The molecule has 41 heavy (non-hydrogen) atoms. The number of amides is 1. The number of halogens is 2. The molecule has 4 aromatic rings. The molecule has 2 fully saturated rings. The maximum absolute atomic E-state index is 14.6. The molecule has 1 unspecified atom stereocenters. The van der Waals surface area contributed by atoms with Crippen LogP contribution in [-0.2, 0) is 11.3 Å². The predicted molar refractivity (Wildman–Crippen MR) is 150 cm³/mol. The van der Waals surface area contributed by atoms with Gasteiger partial charge in [0.15, 0.2) is 0 Å². The Labute approximate surface area is 236 Å². The van der Waals surface area contributed by atoms with Crippen LogP contribution in [0, 0.1) is 11.6 Å². The highest BCUT2D eigenvalue weighted by atomic mass is 19.1. The van der Waals surface area contributed by atoms with Crippen molar-refractivity contribution < 1.29 is 23.5 Å². The van der Waals surface area contributed by atoms with Crippen LogP contribution in [0.5, 0.6) is 0 Å². The van der Waals surface area contributed by atoms with E-state index in [0.29, 0.717) is 37.1 Å². The Bertz CT molecular complexity index is 1580. The third-order valence-electron chi connectivity index (χ3n) is 8.37. The molecule has 2 N–H and O–H groups in total. The molecule has 2 aromatic carbocycles. The van der Waals surface area contributed by atoms with Gasteiger partial charge in [-0.3, -0.25) is 9.69 Å². The SMILES string of the molecule is O=C(NC1(C(=O)O)CCN(Cc2ccccc2)CC1)c1cnn2ccc(N3CCCC3c3cc(F)ccc3F)cc12. The number of fused-ring (bicyclic) bond motifs is 1. The number of nitrogens with one attached hydrogen (secondary N) is 1. The number of benzene rings is 2. The van der Waals surface area contributed by atoms with Gasteiger partial charge in [0.2, 0.25) is 0 Å². The van der Waals surface area contributed by atoms with Gasteiger partial charge in [-0.15, -0.1) is 0 Å². The third kappa shape index (κ3) is 5.27. The topological polar surface area (TPSA) is 90.2 Å². The minimum absolute atomic E-state index is 0.256. The summed E-state index contributed by atoms with van der Waals surface area (Å²) in [6, 6.07) is 16.8. The molecule has 8 nitrogen and oxygen atoms in total. The average Bonchev–Trinajstić information content (AvgIpc) is 3.63. The van der Waals surface area contributed by atoms with Crippen molar-refractivity contribution in [2.75, 3.05) is 24.5 Å². The molecule has 0 radical (unpaired) electrons. The molecular formula is C31H31F2N5O3. The predicted octanol–water partition coefficient (Wildman–Crippen LogP) is 4.80. The van der Waals surface area contributed by atoms with Gasteiger partial charge in [0.25, 0.3) is 5.91 Å². The van der Waals surface area contributed by atoms with Crippen molar-refractivity contribution >= 4 is 23.1 Å². The first kappa shape index (κ1) is 26.9. The van der Waals surface area contributed by atoms with Crippen molar-refractivity contribution in [1.29, 1.82) is 0 Å². The maximum Gasteiger partial charge on any atom is 0.329 e. The Balaban J connectivity index is 1.22. The first-order valence-electron chi connectivity index (χ1n) is 13.8. The van der Waals surface area contributed by atoms with Crippen LogP contribution in [0.15, 0.2) is 73.1 Å². The first-order valence-corrected chi connectivity index (χ1v) is 13.8. The fourth-order valence-corrected chi connectivity index (χ4v) is 6.10. The Morgan fingerprint density at radius 3 is 2.56 bits per heavy atom. The van der Waals surface area contributed by atoms with Crippen LogP contribution in [0.1, 0.15) is 53.2 Å². The van der Waals surface area contributed by atoms with Crippen molar-refractivity contribution in [2.45, 2.75) is 43.8 Å². The molecule has 0 bridgehead atoms. The van der Waals surface area contributed by atoms with Crippen LogP contribution in [0.4, 0.5) is 14.5 Å². The van der Waals surface area contributed by atoms with E-state index in [0.717, 1.165) is 36.3 Å². The van der Waals surface area contributed by atoms with E-state index in [1.807, 2.05) is 41.3 Å². The lowest BCUT2D eigenvalue weighted by molar-refractivity contribution is -0.146. The Hall–Kier alpha value is -4.31. The fourth-order valence-electron chi connectivity index (χ4n) is 6.10. The number of piperidine rings is 1. The summed E-state index contributed by atoms with van der Waals surface area (Å²) in [5.41, 5.74) is 1.59. The second-order valence-corrected chi connectivity index (χ2v) is 10.9. The van der Waals surface area contributed by atoms with Crippen molar-refractivity contribution in [1.82, 2.24) is 19.8 Å². The van der Waals surface area contributed by atoms with Crippen LogP contribution < -0.4 is 10.2 Å². The summed E-state index contributed by atoms with van der Waals surface area (Å²) in [7, 11) is 0. The zero-order valence-electron chi connectivity index (χ0n) is 22.5. The van der Waals surface area contributed by atoms with E-state index in [1.165, 1.54) is 12.3 Å². The van der Waals surface area contributed by atoms with Crippen LogP contribution in [-0.4, -0.2) is 56.7 Å². The van der Waals surface area contributed by atoms with Gasteiger partial charge in [-0.2, -0.15) is 5.10 Å². The van der Waals surface area contributed by atoms with E-state index in [2.05, 4.69) is 15.3 Å². The van der Waals surface area contributed by atoms with Crippen molar-refractivity contribution in [2.24, 2.45) is 0 Å². The summed E-state index contributed by atoms with van der Waals surface area (Å²) in [6.07, 6.45) is 5.18. The van der Waals surface area contributed by atoms with E-state index in [9.17, 15) is 23.5 Å². The number of rotatable bonds is 7. The highest BCUT2D eigenvalue weighted by Crippen LogP contribution is 2.38. The van der Waals surface area contributed by atoms with E-state index < -0.39 is 29.0 Å². The minimum Gasteiger partial charge on any atom is -0.480 e. The molecule has 2 saturated heterocycles. The Morgan fingerprint density at radius 2 is 1.80 bits per heavy atom. The monoisotopic (exact) mass is 559 g/mol. The molecule has 4 heterocycles. The summed E-state index contributed by atoms with van der Waals surface area (Å²) < 4.78 is 30.1. The number of carbonyl (C=O) groups excluding carboxylic acids is 1. The number of aliphatic carboxylic acids is 1. The van der Waals surface area contributed by atoms with E-state index >= 15 is 0 Å². The molecule has 2 aliphatic rings. The zero-order valence-corrected chi connectivity index (χ0v) is 22.5. The van der Waals surface area contributed by atoms with Crippen LogP contribution in [0.3, 0.4) is 0 Å². The number of carboxylic acids is 1. The molecule has 2 aromatic heterocycles. The van der Waals surface area contributed by atoms with Crippen LogP contribution >= 0.6 is 0 Å². The third-order valence-corrected chi connectivity index (χ3v) is 8.37. The molecule has 1 atom stereocenters. The summed E-state index contributed by atoms with van der Waals surface area (Å²) in [4.78, 5) is 30.2. The second-order valence-electron chi connectivity index (χ2n) is 10.9. The fraction of sp³-hybridized carbons (Fsp3) is 0.323. The number of carbonyl (C=O) groups is 2. The van der Waals surface area contributed by atoms with Gasteiger partial charge in [0, 0.05) is 43.6 Å². The van der Waals surface area contributed by atoms with Crippen LogP contribution in [0.25, 0.3) is 5.52 Å². The number of anilines is 1. The zero-order chi connectivity index (χ0) is 28.6. The lowest BCUT2D eigenvalue weighted by Crippen LogP contribution is -2.59. The molecule has 1 amide bonds. The first-order chi connectivity index (χ1) is 19.8. The molecule has 10 heteroatoms. The molecule has 0 spiro atoms. The second kappa shape index (κ2) is 10.9. The van der Waals surface area contributed by atoms with Gasteiger partial charge in [-0.05, 0) is 61.6 Å². The maximum atomic E-state index is 14.6. The number of pyridine rings is 1. The van der Waals surface area contributed by atoms with E-state index in [1.54, 1.807) is 16.8 Å². The summed E-state index contributed by atoms with van der Waals surface area (Å²) in [6.45, 7) is 2.44. The molecule has 212 valence electrons. The number of aromatic nitrogens is 2. The Morgan fingerprint density at radius 1 is 1.02 bits per heavy atom. The van der Waals surface area contributed by atoms with Gasteiger partial charge in [-0.25, -0.2) is 18.1 Å². The number of hydrogen-bond donors (Lipinski definition) is 2. The summed E-state index contributed by atoms with van der Waals surface area (Å²) in [5.74, 6) is -2.51. The molecular weight excluding hydrogens is 528 g/mol. The number of hydrogen-bond acceptors (Lipinski definition) is 5. The normalized spacial score (nSPS) is 19.0. The average molecular weight is 560 g/mol. The Kier molecular flexibility index (Phi) is 7.17. The van der Waals surface area contributed by atoms with E-state index in [-0.39, 0.29) is 24.4 Å².